The van der Waals surface area contributed by atoms with E-state index in [4.69, 9.17) is 4.74 Å². The van der Waals surface area contributed by atoms with E-state index in [2.05, 4.69) is 5.32 Å². The van der Waals surface area contributed by atoms with Crippen molar-refractivity contribution in [1.82, 2.24) is 14.8 Å². The van der Waals surface area contributed by atoms with Gasteiger partial charge in [-0.15, -0.1) is 0 Å². The van der Waals surface area contributed by atoms with Crippen molar-refractivity contribution in [1.29, 1.82) is 0 Å². The largest absolute Gasteiger partial charge is 0.480 e. The number of benzene rings is 3. The number of nitrogens with zero attached hydrogens (tertiary/aromatic N) is 2. The van der Waals surface area contributed by atoms with Crippen LogP contribution in [0.2, 0.25) is 0 Å². The van der Waals surface area contributed by atoms with Crippen LogP contribution in [0.25, 0.3) is 32.8 Å². The first kappa shape index (κ1) is 35.4. The van der Waals surface area contributed by atoms with Gasteiger partial charge in [-0.1, -0.05) is 54.6 Å². The van der Waals surface area contributed by atoms with Gasteiger partial charge in [0.15, 0.2) is 0 Å². The summed E-state index contributed by atoms with van der Waals surface area (Å²) in [4.78, 5) is 41.4. The summed E-state index contributed by atoms with van der Waals surface area (Å²) < 4.78 is 94.6. The number of fused-ring (bicyclic) bond motifs is 2. The number of likely N-dealkylation sites (tertiary alicyclic amines) is 1. The van der Waals surface area contributed by atoms with Crippen LogP contribution in [-0.4, -0.2) is 70.5 Å². The number of carboxylic acid groups (broad SMARTS) is 1. The molecule has 0 spiro atoms. The zero-order valence-electron chi connectivity index (χ0n) is 27.2. The molecule has 0 bridgehead atoms. The summed E-state index contributed by atoms with van der Waals surface area (Å²) in [5.41, 5.74) is -5.15. The van der Waals surface area contributed by atoms with Gasteiger partial charge in [-0.3, -0.25) is 14.5 Å². The topological polar surface area (TPSA) is 101 Å². The molecule has 2 unspecified atom stereocenters. The molecule has 266 valence electrons. The lowest BCUT2D eigenvalue weighted by Gasteiger charge is -2.44. The van der Waals surface area contributed by atoms with E-state index in [0.717, 1.165) is 4.57 Å². The number of carboxylic acids is 1. The van der Waals surface area contributed by atoms with Crippen LogP contribution in [0.1, 0.15) is 37.3 Å². The van der Waals surface area contributed by atoms with Crippen LogP contribution in [0.3, 0.4) is 0 Å². The highest BCUT2D eigenvalue weighted by Crippen LogP contribution is 2.48. The van der Waals surface area contributed by atoms with Gasteiger partial charge in [0.2, 0.25) is 5.91 Å². The lowest BCUT2D eigenvalue weighted by atomic mass is 9.76. The number of hydrogen-bond donors (Lipinski definition) is 2. The summed E-state index contributed by atoms with van der Waals surface area (Å²) in [7, 11) is 1.37. The second kappa shape index (κ2) is 13.0. The zero-order valence-corrected chi connectivity index (χ0v) is 27.2. The van der Waals surface area contributed by atoms with E-state index in [-0.39, 0.29) is 58.0 Å². The molecule has 2 fully saturated rings. The van der Waals surface area contributed by atoms with Crippen LogP contribution in [0.4, 0.5) is 26.3 Å². The third-order valence-corrected chi connectivity index (χ3v) is 10.3. The summed E-state index contributed by atoms with van der Waals surface area (Å²) in [6.07, 6.45) is -11.0. The first-order valence-corrected chi connectivity index (χ1v) is 16.2. The predicted molar refractivity (Wildman–Crippen MR) is 174 cm³/mol. The zero-order chi connectivity index (χ0) is 36.2. The van der Waals surface area contributed by atoms with Crippen molar-refractivity contribution in [2.45, 2.75) is 63.1 Å². The number of carbonyl (C=O) groups is 2. The van der Waals surface area contributed by atoms with Crippen molar-refractivity contribution >= 4 is 33.6 Å². The van der Waals surface area contributed by atoms with E-state index >= 15 is 0 Å². The minimum Gasteiger partial charge on any atom is -0.480 e. The highest BCUT2D eigenvalue weighted by molar-refractivity contribution is 6.02. The molecule has 2 N–H and O–H groups in total. The standard InChI is InChI=1S/C36H35F6N3O5/c1-20-27(13-18-50-20)45-16-14-34(15-17-45,36(40,41)42)33(49)43-26(32(47)48)19-21-7-5-10-23-22(21)9-6-11-24(23)29-30(35(37,38)39)25-8-3-4-12-28(25)44(2)31(29)46/h3-12,20,26-27H,13-19H2,1-2H3,(H,43,49)(H,47,48)/t20?,26-,27?/m0/s1. The van der Waals surface area contributed by atoms with Crippen LogP contribution in [-0.2, 0) is 34.0 Å². The van der Waals surface area contributed by atoms with E-state index in [0.29, 0.717) is 13.0 Å². The fourth-order valence-corrected chi connectivity index (χ4v) is 7.60. The number of hydrogen-bond acceptors (Lipinski definition) is 5. The average Bonchev–Trinajstić information content (AvgIpc) is 3.50. The molecule has 3 atom stereocenters. The smallest absolute Gasteiger partial charge is 0.417 e. The van der Waals surface area contributed by atoms with E-state index in [9.17, 15) is 45.8 Å². The predicted octanol–water partition coefficient (Wildman–Crippen LogP) is 6.31. The van der Waals surface area contributed by atoms with Crippen molar-refractivity contribution in [3.05, 3.63) is 82.1 Å². The van der Waals surface area contributed by atoms with Gasteiger partial charge in [0.05, 0.1) is 22.7 Å². The number of aryl methyl sites for hydroxylation is 1. The van der Waals surface area contributed by atoms with E-state index in [1.54, 1.807) is 0 Å². The summed E-state index contributed by atoms with van der Waals surface area (Å²) in [5.74, 6) is -3.02. The third-order valence-electron chi connectivity index (χ3n) is 10.3. The molecular weight excluding hydrogens is 668 g/mol. The van der Waals surface area contributed by atoms with Crippen molar-refractivity contribution in [2.24, 2.45) is 12.5 Å². The highest BCUT2D eigenvalue weighted by atomic mass is 19.4. The van der Waals surface area contributed by atoms with Crippen LogP contribution >= 0.6 is 0 Å². The highest BCUT2D eigenvalue weighted by Gasteiger charge is 2.61. The molecule has 0 aliphatic carbocycles. The Balaban J connectivity index is 1.35. The lowest BCUT2D eigenvalue weighted by molar-refractivity contribution is -0.234. The monoisotopic (exact) mass is 703 g/mol. The number of halogens is 6. The number of para-hydroxylation sites is 1. The summed E-state index contributed by atoms with van der Waals surface area (Å²) in [6.45, 7) is 2.29. The molecule has 50 heavy (non-hydrogen) atoms. The molecular formula is C36H35F6N3O5. The molecule has 2 saturated heterocycles. The van der Waals surface area contributed by atoms with E-state index in [1.165, 1.54) is 67.7 Å². The third kappa shape index (κ3) is 6.12. The van der Waals surface area contributed by atoms with Gasteiger partial charge in [0, 0.05) is 31.5 Å². The van der Waals surface area contributed by atoms with Gasteiger partial charge in [-0.05, 0) is 67.2 Å². The number of amides is 1. The minimum atomic E-state index is -4.96. The number of ether oxygens (including phenoxy) is 1. The van der Waals surface area contributed by atoms with Gasteiger partial charge in [0.25, 0.3) is 5.56 Å². The normalized spacial score (nSPS) is 20.6. The number of aromatic nitrogens is 1. The van der Waals surface area contributed by atoms with E-state index < -0.39 is 71.6 Å². The molecule has 1 aromatic heterocycles. The quantitative estimate of drug-likeness (QED) is 0.219. The number of nitrogens with one attached hydrogen (secondary N) is 1. The first-order valence-electron chi connectivity index (χ1n) is 16.2. The van der Waals surface area contributed by atoms with Crippen LogP contribution in [0.15, 0.2) is 65.5 Å². The number of aliphatic carboxylic acids is 1. The molecule has 14 heteroatoms. The van der Waals surface area contributed by atoms with E-state index in [1.807, 2.05) is 11.8 Å². The van der Waals surface area contributed by atoms with Crippen LogP contribution in [0, 0.1) is 5.41 Å². The molecule has 3 aromatic carbocycles. The van der Waals surface area contributed by atoms with Gasteiger partial charge < -0.3 is 19.7 Å². The Labute approximate surface area is 282 Å². The maximum Gasteiger partial charge on any atom is 0.417 e. The molecule has 4 aromatic rings. The summed E-state index contributed by atoms with van der Waals surface area (Å²) in [6, 6.07) is 12.5. The number of piperidine rings is 1. The second-order valence-corrected chi connectivity index (χ2v) is 13.1. The van der Waals surface area contributed by atoms with Crippen LogP contribution in [0.5, 0.6) is 0 Å². The maximum absolute atomic E-state index is 14.7. The second-order valence-electron chi connectivity index (χ2n) is 13.1. The Morgan fingerprint density at radius 1 is 0.960 bits per heavy atom. The van der Waals surface area contributed by atoms with Gasteiger partial charge in [-0.25, -0.2) is 4.79 Å². The Bertz CT molecular complexity index is 2020. The van der Waals surface area contributed by atoms with Crippen molar-refractivity contribution in [3.63, 3.8) is 0 Å². The SMILES string of the molecule is CC1OCCC1N1CCC(C(=O)N[C@@H](Cc2cccc3c(-c4c(C(F)(F)F)c5ccccc5n(C)c4=O)cccc23)C(=O)O)(C(F)(F)F)CC1. The fraction of sp³-hybridized carbons (Fsp3) is 0.417. The van der Waals surface area contributed by atoms with Crippen LogP contribution < -0.4 is 10.9 Å². The Morgan fingerprint density at radius 2 is 1.60 bits per heavy atom. The summed E-state index contributed by atoms with van der Waals surface area (Å²) in [5, 5.41) is 12.5. The molecule has 1 amide bonds. The van der Waals surface area contributed by atoms with Crippen molar-refractivity contribution in [2.75, 3.05) is 19.7 Å². The number of rotatable bonds is 7. The molecule has 3 heterocycles. The Morgan fingerprint density at radius 3 is 2.22 bits per heavy atom. The van der Waals surface area contributed by atoms with Gasteiger partial charge in [0.1, 0.15) is 11.5 Å². The van der Waals surface area contributed by atoms with Gasteiger partial charge >= 0.3 is 18.3 Å². The maximum atomic E-state index is 14.7. The molecule has 2 aliphatic heterocycles. The summed E-state index contributed by atoms with van der Waals surface area (Å²) >= 11 is 0. The molecule has 8 nitrogen and oxygen atoms in total. The molecule has 2 aliphatic rings. The van der Waals surface area contributed by atoms with Crippen molar-refractivity contribution in [3.8, 4) is 11.1 Å². The molecule has 0 radical (unpaired) electrons. The lowest BCUT2D eigenvalue weighted by Crippen LogP contribution is -2.60. The van der Waals surface area contributed by atoms with Gasteiger partial charge in [-0.2, -0.15) is 26.3 Å². The Hall–Kier alpha value is -4.43. The minimum absolute atomic E-state index is 0.0245. The first-order chi connectivity index (χ1) is 23.5. The number of carbonyl (C=O) groups excluding carboxylic acids is 1. The number of alkyl halides is 6. The average molecular weight is 704 g/mol. The molecule has 6 rings (SSSR count). The number of pyridine rings is 1. The fourth-order valence-electron chi connectivity index (χ4n) is 7.60. The van der Waals surface area contributed by atoms with Crippen molar-refractivity contribution < 1.29 is 45.8 Å². The Kier molecular flexibility index (Phi) is 9.23. The molecule has 0 saturated carbocycles.